The summed E-state index contributed by atoms with van der Waals surface area (Å²) in [7, 11) is 0. The molecule has 0 spiro atoms. The minimum Gasteiger partial charge on any atom is -0.353 e. The fourth-order valence-corrected chi connectivity index (χ4v) is 2.67. The van der Waals surface area contributed by atoms with Crippen molar-refractivity contribution in [3.63, 3.8) is 0 Å². The smallest absolute Gasteiger partial charge is 0.157 e. The van der Waals surface area contributed by atoms with E-state index in [9.17, 15) is 0 Å². The highest BCUT2D eigenvalue weighted by Gasteiger charge is 2.06. The summed E-state index contributed by atoms with van der Waals surface area (Å²) in [4.78, 5) is 0. The van der Waals surface area contributed by atoms with Gasteiger partial charge in [0.1, 0.15) is 0 Å². The normalized spacial score (nSPS) is 12.2. The molecule has 0 aromatic rings. The second kappa shape index (κ2) is 20.4. The average Bonchev–Trinajstić information content (AvgIpc) is 2.58. The Morgan fingerprint density at radius 2 is 1.00 bits per heavy atom. The summed E-state index contributed by atoms with van der Waals surface area (Å²) in [5.41, 5.74) is 0. The Balaban J connectivity index is 3.34. The largest absolute Gasteiger partial charge is 0.353 e. The van der Waals surface area contributed by atoms with E-state index in [0.717, 1.165) is 19.6 Å². The summed E-state index contributed by atoms with van der Waals surface area (Å²) >= 11 is 0. The molecule has 2 nitrogen and oxygen atoms in total. The highest BCUT2D eigenvalue weighted by Crippen LogP contribution is 2.10. The highest BCUT2D eigenvalue weighted by molar-refractivity contribution is 4.84. The van der Waals surface area contributed by atoms with Gasteiger partial charge in [0.15, 0.2) is 6.29 Å². The molecule has 0 aliphatic heterocycles. The number of ether oxygens (including phenoxy) is 2. The van der Waals surface area contributed by atoms with E-state index in [-0.39, 0.29) is 6.29 Å². The van der Waals surface area contributed by atoms with Crippen LogP contribution in [-0.2, 0) is 9.47 Å². The number of unbranched alkanes of at least 4 members (excludes halogenated alkanes) is 8. The van der Waals surface area contributed by atoms with Crippen LogP contribution in [0.1, 0.15) is 97.8 Å². The van der Waals surface area contributed by atoms with Gasteiger partial charge in [-0.1, -0.05) is 44.1 Å². The van der Waals surface area contributed by atoms with Crippen LogP contribution >= 0.6 is 0 Å². The lowest BCUT2D eigenvalue weighted by atomic mass is 10.1. The van der Waals surface area contributed by atoms with Crippen molar-refractivity contribution in [3.8, 4) is 0 Å². The van der Waals surface area contributed by atoms with E-state index < -0.39 is 0 Å². The van der Waals surface area contributed by atoms with Crippen LogP contribution in [-0.4, -0.2) is 19.5 Å². The van der Waals surface area contributed by atoms with Crippen molar-refractivity contribution in [2.24, 2.45) is 0 Å². The Hall–Kier alpha value is -0.600. The van der Waals surface area contributed by atoms with Gasteiger partial charge in [-0.3, -0.25) is 0 Å². The quantitative estimate of drug-likeness (QED) is 0.149. The van der Waals surface area contributed by atoms with Crippen molar-refractivity contribution in [3.05, 3.63) is 24.3 Å². The van der Waals surface area contributed by atoms with E-state index in [1.807, 2.05) is 13.8 Å². The lowest BCUT2D eigenvalue weighted by molar-refractivity contribution is -0.140. The molecule has 0 aliphatic carbocycles. The Labute approximate surface area is 151 Å². The molecule has 0 radical (unpaired) electrons. The SMILES string of the molecule is CCCCC/C=C/CCCC/C=C/CCCCC(OCC)OCC. The minimum absolute atomic E-state index is 0.000920. The maximum Gasteiger partial charge on any atom is 0.157 e. The van der Waals surface area contributed by atoms with Crippen molar-refractivity contribution in [2.75, 3.05) is 13.2 Å². The second-order valence-corrected chi connectivity index (χ2v) is 6.35. The molecule has 0 N–H and O–H groups in total. The van der Waals surface area contributed by atoms with Crippen LogP contribution in [0.2, 0.25) is 0 Å². The number of hydrogen-bond acceptors (Lipinski definition) is 2. The summed E-state index contributed by atoms with van der Waals surface area (Å²) in [6.45, 7) is 7.78. The standard InChI is InChI=1S/C22H42O2/c1-4-7-8-9-10-11-12-13-14-15-16-17-18-19-20-21-22(23-5-2)24-6-3/h10-11,16-17,22H,4-9,12-15,18-21H2,1-3H3/b11-10+,17-16+. The molecule has 0 aromatic heterocycles. The summed E-state index contributed by atoms with van der Waals surface area (Å²) in [5, 5.41) is 0. The summed E-state index contributed by atoms with van der Waals surface area (Å²) in [6, 6.07) is 0. The molecule has 0 amide bonds. The molecular weight excluding hydrogens is 296 g/mol. The van der Waals surface area contributed by atoms with Gasteiger partial charge in [-0.15, -0.1) is 0 Å². The molecule has 0 saturated carbocycles. The third-order valence-corrected chi connectivity index (χ3v) is 4.06. The van der Waals surface area contributed by atoms with Gasteiger partial charge in [-0.25, -0.2) is 0 Å². The van der Waals surface area contributed by atoms with Gasteiger partial charge in [-0.2, -0.15) is 0 Å². The molecule has 0 bridgehead atoms. The molecule has 0 aliphatic rings. The van der Waals surface area contributed by atoms with Crippen LogP contribution in [0.15, 0.2) is 24.3 Å². The zero-order valence-corrected chi connectivity index (χ0v) is 16.6. The molecule has 2 heteroatoms. The summed E-state index contributed by atoms with van der Waals surface area (Å²) in [6.07, 6.45) is 24.4. The van der Waals surface area contributed by atoms with Gasteiger partial charge in [0.05, 0.1) is 0 Å². The first-order chi connectivity index (χ1) is 11.8. The third kappa shape index (κ3) is 17.7. The number of allylic oxidation sites excluding steroid dienone is 4. The predicted molar refractivity (Wildman–Crippen MR) is 106 cm³/mol. The number of rotatable bonds is 18. The number of hydrogen-bond donors (Lipinski definition) is 0. The van der Waals surface area contributed by atoms with Gasteiger partial charge in [0.25, 0.3) is 0 Å². The first-order valence-electron chi connectivity index (χ1n) is 10.4. The zero-order valence-electron chi connectivity index (χ0n) is 16.6. The Morgan fingerprint density at radius 3 is 1.42 bits per heavy atom. The fraction of sp³-hybridized carbons (Fsp3) is 0.818. The maximum atomic E-state index is 5.56. The van der Waals surface area contributed by atoms with Gasteiger partial charge in [0, 0.05) is 13.2 Å². The summed E-state index contributed by atoms with van der Waals surface area (Å²) < 4.78 is 11.1. The van der Waals surface area contributed by atoms with Gasteiger partial charge < -0.3 is 9.47 Å². The lowest BCUT2D eigenvalue weighted by Crippen LogP contribution is -2.17. The minimum atomic E-state index is -0.000920. The zero-order chi connectivity index (χ0) is 17.7. The van der Waals surface area contributed by atoms with E-state index in [2.05, 4.69) is 31.2 Å². The topological polar surface area (TPSA) is 18.5 Å². The summed E-state index contributed by atoms with van der Waals surface area (Å²) in [5.74, 6) is 0. The molecule has 0 fully saturated rings. The predicted octanol–water partition coefficient (Wildman–Crippen LogP) is 7.20. The molecule has 0 saturated heterocycles. The van der Waals surface area contributed by atoms with E-state index in [4.69, 9.17) is 9.47 Å². The van der Waals surface area contributed by atoms with Crippen molar-refractivity contribution < 1.29 is 9.47 Å². The fourth-order valence-electron chi connectivity index (χ4n) is 2.67. The molecule has 0 atom stereocenters. The van der Waals surface area contributed by atoms with Crippen molar-refractivity contribution in [1.29, 1.82) is 0 Å². The van der Waals surface area contributed by atoms with Crippen molar-refractivity contribution >= 4 is 0 Å². The van der Waals surface area contributed by atoms with E-state index in [0.29, 0.717) is 0 Å². The first kappa shape index (κ1) is 23.4. The van der Waals surface area contributed by atoms with Crippen molar-refractivity contribution in [1.82, 2.24) is 0 Å². The Morgan fingerprint density at radius 1 is 0.583 bits per heavy atom. The van der Waals surface area contributed by atoms with Gasteiger partial charge in [-0.05, 0) is 78.1 Å². The van der Waals surface area contributed by atoms with E-state index >= 15 is 0 Å². The highest BCUT2D eigenvalue weighted by atomic mass is 16.7. The van der Waals surface area contributed by atoms with Crippen LogP contribution < -0.4 is 0 Å². The second-order valence-electron chi connectivity index (χ2n) is 6.35. The van der Waals surface area contributed by atoms with Gasteiger partial charge in [0.2, 0.25) is 0 Å². The Bertz CT molecular complexity index is 278. The lowest BCUT2D eigenvalue weighted by Gasteiger charge is -2.16. The monoisotopic (exact) mass is 338 g/mol. The van der Waals surface area contributed by atoms with Gasteiger partial charge >= 0.3 is 0 Å². The molecule has 0 heterocycles. The third-order valence-electron chi connectivity index (χ3n) is 4.06. The first-order valence-corrected chi connectivity index (χ1v) is 10.4. The van der Waals surface area contributed by atoms with E-state index in [1.54, 1.807) is 0 Å². The van der Waals surface area contributed by atoms with Crippen LogP contribution in [0, 0.1) is 0 Å². The molecule has 0 unspecified atom stereocenters. The van der Waals surface area contributed by atoms with Crippen LogP contribution in [0.25, 0.3) is 0 Å². The molecule has 142 valence electrons. The Kier molecular flexibility index (Phi) is 19.9. The molecule has 0 aromatic carbocycles. The van der Waals surface area contributed by atoms with Crippen molar-refractivity contribution in [2.45, 2.75) is 104 Å². The van der Waals surface area contributed by atoms with Crippen LogP contribution in [0.5, 0.6) is 0 Å². The van der Waals surface area contributed by atoms with E-state index in [1.165, 1.54) is 70.6 Å². The van der Waals surface area contributed by atoms with Crippen LogP contribution in [0.4, 0.5) is 0 Å². The molecule has 24 heavy (non-hydrogen) atoms. The van der Waals surface area contributed by atoms with Crippen LogP contribution in [0.3, 0.4) is 0 Å². The molecule has 0 rings (SSSR count). The average molecular weight is 339 g/mol. The maximum absolute atomic E-state index is 5.56. The molecular formula is C22H42O2.